The summed E-state index contributed by atoms with van der Waals surface area (Å²) >= 11 is 0. The molecule has 0 fully saturated rings. The molecule has 0 aliphatic heterocycles. The lowest BCUT2D eigenvalue weighted by atomic mass is 9.90. The van der Waals surface area contributed by atoms with Gasteiger partial charge in [-0.3, -0.25) is 0 Å². The van der Waals surface area contributed by atoms with Gasteiger partial charge in [0, 0.05) is 6.04 Å². The van der Waals surface area contributed by atoms with E-state index in [1.165, 1.54) is 44.1 Å². The van der Waals surface area contributed by atoms with Crippen LogP contribution in [0, 0.1) is 5.92 Å². The van der Waals surface area contributed by atoms with E-state index >= 15 is 0 Å². The average molecular weight is 245 g/mol. The third-order valence-electron chi connectivity index (χ3n) is 4.60. The highest BCUT2D eigenvalue weighted by atomic mass is 14.9. The van der Waals surface area contributed by atoms with E-state index in [1.54, 1.807) is 11.1 Å². The van der Waals surface area contributed by atoms with Gasteiger partial charge in [-0.05, 0) is 55.3 Å². The average Bonchev–Trinajstić information content (AvgIpc) is 2.87. The van der Waals surface area contributed by atoms with Crippen molar-refractivity contribution >= 4 is 0 Å². The van der Waals surface area contributed by atoms with Gasteiger partial charge in [-0.15, -0.1) is 0 Å². The van der Waals surface area contributed by atoms with Crippen LogP contribution in [-0.2, 0) is 12.8 Å². The number of fused-ring (bicyclic) bond motifs is 1. The van der Waals surface area contributed by atoms with Crippen molar-refractivity contribution < 1.29 is 0 Å². The molecule has 1 aromatic rings. The van der Waals surface area contributed by atoms with Crippen molar-refractivity contribution in [3.8, 4) is 0 Å². The van der Waals surface area contributed by atoms with Crippen LogP contribution in [0.2, 0.25) is 0 Å². The van der Waals surface area contributed by atoms with Gasteiger partial charge in [-0.1, -0.05) is 44.9 Å². The molecular formula is C17H27N. The first-order valence-corrected chi connectivity index (χ1v) is 7.57. The van der Waals surface area contributed by atoms with E-state index in [0.717, 1.165) is 5.92 Å². The molecule has 1 N–H and O–H groups in total. The SMILES string of the molecule is CCC(CC)CC(NC)c1ccc2c(c1)CCC2. The summed E-state index contributed by atoms with van der Waals surface area (Å²) in [7, 11) is 2.10. The van der Waals surface area contributed by atoms with Crippen LogP contribution in [0.25, 0.3) is 0 Å². The Morgan fingerprint density at radius 2 is 1.83 bits per heavy atom. The van der Waals surface area contributed by atoms with Crippen LogP contribution in [0.15, 0.2) is 18.2 Å². The minimum Gasteiger partial charge on any atom is -0.313 e. The van der Waals surface area contributed by atoms with Gasteiger partial charge in [0.1, 0.15) is 0 Å². The van der Waals surface area contributed by atoms with Crippen molar-refractivity contribution in [2.45, 2.75) is 58.4 Å². The second kappa shape index (κ2) is 6.38. The predicted molar refractivity (Wildman–Crippen MR) is 79.0 cm³/mol. The fourth-order valence-electron chi connectivity index (χ4n) is 3.18. The number of rotatable bonds is 6. The topological polar surface area (TPSA) is 12.0 Å². The van der Waals surface area contributed by atoms with Gasteiger partial charge in [0.25, 0.3) is 0 Å². The fraction of sp³-hybridized carbons (Fsp3) is 0.647. The zero-order valence-corrected chi connectivity index (χ0v) is 12.1. The van der Waals surface area contributed by atoms with E-state index in [-0.39, 0.29) is 0 Å². The van der Waals surface area contributed by atoms with Crippen LogP contribution in [-0.4, -0.2) is 7.05 Å². The van der Waals surface area contributed by atoms with Gasteiger partial charge in [0.15, 0.2) is 0 Å². The molecule has 1 aliphatic rings. The Labute approximate surface area is 112 Å². The van der Waals surface area contributed by atoms with Gasteiger partial charge in [-0.2, -0.15) is 0 Å². The van der Waals surface area contributed by atoms with E-state index < -0.39 is 0 Å². The van der Waals surface area contributed by atoms with Crippen LogP contribution in [0.4, 0.5) is 0 Å². The van der Waals surface area contributed by atoms with E-state index in [1.807, 2.05) is 0 Å². The lowest BCUT2D eigenvalue weighted by Gasteiger charge is -2.22. The maximum atomic E-state index is 3.51. The molecule has 1 unspecified atom stereocenters. The largest absolute Gasteiger partial charge is 0.313 e. The lowest BCUT2D eigenvalue weighted by molar-refractivity contribution is 0.385. The van der Waals surface area contributed by atoms with Gasteiger partial charge in [0.2, 0.25) is 0 Å². The van der Waals surface area contributed by atoms with Gasteiger partial charge < -0.3 is 5.32 Å². The zero-order chi connectivity index (χ0) is 13.0. The first-order chi connectivity index (χ1) is 8.78. The molecule has 0 amide bonds. The molecule has 1 heteroatoms. The molecule has 0 bridgehead atoms. The van der Waals surface area contributed by atoms with Gasteiger partial charge >= 0.3 is 0 Å². The highest BCUT2D eigenvalue weighted by molar-refractivity contribution is 5.36. The van der Waals surface area contributed by atoms with Crippen molar-refractivity contribution in [2.75, 3.05) is 7.05 Å². The third-order valence-corrected chi connectivity index (χ3v) is 4.60. The van der Waals surface area contributed by atoms with Crippen LogP contribution < -0.4 is 5.32 Å². The third kappa shape index (κ3) is 2.95. The Hall–Kier alpha value is -0.820. The summed E-state index contributed by atoms with van der Waals surface area (Å²) in [6.07, 6.45) is 7.76. The number of nitrogens with one attached hydrogen (secondary N) is 1. The van der Waals surface area contributed by atoms with E-state index in [0.29, 0.717) is 6.04 Å². The second-order valence-corrected chi connectivity index (χ2v) is 5.64. The van der Waals surface area contributed by atoms with Gasteiger partial charge in [-0.25, -0.2) is 0 Å². The van der Waals surface area contributed by atoms with Crippen LogP contribution in [0.1, 0.15) is 62.3 Å². The molecule has 1 aromatic carbocycles. The lowest BCUT2D eigenvalue weighted by Crippen LogP contribution is -2.19. The smallest absolute Gasteiger partial charge is 0.0320 e. The second-order valence-electron chi connectivity index (χ2n) is 5.64. The molecule has 1 atom stereocenters. The van der Waals surface area contributed by atoms with Crippen molar-refractivity contribution in [3.05, 3.63) is 34.9 Å². The maximum absolute atomic E-state index is 3.51. The first kappa shape index (κ1) is 13.6. The zero-order valence-electron chi connectivity index (χ0n) is 12.1. The summed E-state index contributed by atoms with van der Waals surface area (Å²) < 4.78 is 0. The molecule has 18 heavy (non-hydrogen) atoms. The Balaban J connectivity index is 2.12. The summed E-state index contributed by atoms with van der Waals surface area (Å²) in [6, 6.07) is 7.68. The summed E-state index contributed by atoms with van der Waals surface area (Å²) in [4.78, 5) is 0. The van der Waals surface area contributed by atoms with Crippen LogP contribution in [0.5, 0.6) is 0 Å². The summed E-state index contributed by atoms with van der Waals surface area (Å²) in [6.45, 7) is 4.62. The first-order valence-electron chi connectivity index (χ1n) is 7.57. The molecule has 0 heterocycles. The van der Waals surface area contributed by atoms with Crippen molar-refractivity contribution in [1.82, 2.24) is 5.32 Å². The van der Waals surface area contributed by atoms with E-state index in [9.17, 15) is 0 Å². The standard InChI is InChI=1S/C17H27N/c1-4-13(5-2)11-17(18-3)16-10-9-14-7-6-8-15(14)12-16/h9-10,12-13,17-18H,4-8,11H2,1-3H3. The van der Waals surface area contributed by atoms with Crippen LogP contribution >= 0.6 is 0 Å². The summed E-state index contributed by atoms with van der Waals surface area (Å²) in [5.41, 5.74) is 4.67. The number of benzene rings is 1. The Kier molecular flexibility index (Phi) is 4.82. The monoisotopic (exact) mass is 245 g/mol. The Bertz CT molecular complexity index is 379. The molecule has 100 valence electrons. The van der Waals surface area contributed by atoms with Crippen LogP contribution in [0.3, 0.4) is 0 Å². The highest BCUT2D eigenvalue weighted by Crippen LogP contribution is 2.29. The molecule has 0 radical (unpaired) electrons. The molecular weight excluding hydrogens is 218 g/mol. The number of hydrogen-bond acceptors (Lipinski definition) is 1. The summed E-state index contributed by atoms with van der Waals surface area (Å²) in [5, 5.41) is 3.51. The summed E-state index contributed by atoms with van der Waals surface area (Å²) in [5.74, 6) is 0.843. The van der Waals surface area contributed by atoms with Crippen molar-refractivity contribution in [1.29, 1.82) is 0 Å². The fourth-order valence-corrected chi connectivity index (χ4v) is 3.18. The molecule has 0 spiro atoms. The number of hydrogen-bond donors (Lipinski definition) is 1. The normalized spacial score (nSPS) is 16.0. The van der Waals surface area contributed by atoms with Gasteiger partial charge in [0.05, 0.1) is 0 Å². The van der Waals surface area contributed by atoms with E-state index in [4.69, 9.17) is 0 Å². The quantitative estimate of drug-likeness (QED) is 0.789. The Morgan fingerprint density at radius 1 is 1.11 bits per heavy atom. The minimum atomic E-state index is 0.529. The van der Waals surface area contributed by atoms with E-state index in [2.05, 4.69) is 44.4 Å². The maximum Gasteiger partial charge on any atom is 0.0320 e. The molecule has 0 saturated carbocycles. The minimum absolute atomic E-state index is 0.529. The molecule has 0 aromatic heterocycles. The number of aryl methyl sites for hydroxylation is 2. The molecule has 1 aliphatic carbocycles. The molecule has 1 nitrogen and oxygen atoms in total. The molecule has 0 saturated heterocycles. The van der Waals surface area contributed by atoms with Crippen molar-refractivity contribution in [3.63, 3.8) is 0 Å². The molecule has 2 rings (SSSR count). The predicted octanol–water partition coefficient (Wildman–Crippen LogP) is 4.26. The Morgan fingerprint density at radius 3 is 2.50 bits per heavy atom. The van der Waals surface area contributed by atoms with Crippen molar-refractivity contribution in [2.24, 2.45) is 5.92 Å². The highest BCUT2D eigenvalue weighted by Gasteiger charge is 2.17.